The number of rotatable bonds is 2. The van der Waals surface area contributed by atoms with E-state index in [9.17, 15) is 0 Å². The standard InChI is InChI=1S/C16H24Cl2N2/c1-16(2,3)12-5-4-9-20(10-8-12)15-7-6-13(18)14(11-17)19-15/h6-7,12H,4-5,8-11H2,1-3H3. The predicted octanol–water partition coefficient (Wildman–Crippen LogP) is 5.13. The maximum Gasteiger partial charge on any atom is 0.128 e. The van der Waals surface area contributed by atoms with Gasteiger partial charge in [0.2, 0.25) is 0 Å². The van der Waals surface area contributed by atoms with Gasteiger partial charge in [0.05, 0.1) is 16.6 Å². The molecule has 2 rings (SSSR count). The van der Waals surface area contributed by atoms with Crippen LogP contribution >= 0.6 is 23.2 Å². The van der Waals surface area contributed by atoms with Crippen LogP contribution in [0.4, 0.5) is 5.82 Å². The van der Waals surface area contributed by atoms with Crippen LogP contribution in [0.15, 0.2) is 12.1 Å². The van der Waals surface area contributed by atoms with E-state index in [1.54, 1.807) is 0 Å². The van der Waals surface area contributed by atoms with Crippen LogP contribution in [0, 0.1) is 11.3 Å². The van der Waals surface area contributed by atoms with Gasteiger partial charge in [0.1, 0.15) is 5.82 Å². The van der Waals surface area contributed by atoms with Crippen LogP contribution in [0.5, 0.6) is 0 Å². The Hall–Kier alpha value is -0.470. The van der Waals surface area contributed by atoms with E-state index in [0.29, 0.717) is 16.3 Å². The molecule has 0 N–H and O–H groups in total. The van der Waals surface area contributed by atoms with E-state index in [1.165, 1.54) is 19.3 Å². The van der Waals surface area contributed by atoms with Gasteiger partial charge in [-0.2, -0.15) is 0 Å². The van der Waals surface area contributed by atoms with Crippen molar-refractivity contribution in [2.24, 2.45) is 11.3 Å². The summed E-state index contributed by atoms with van der Waals surface area (Å²) in [5, 5.41) is 0.658. The van der Waals surface area contributed by atoms with Gasteiger partial charge in [0.25, 0.3) is 0 Å². The largest absolute Gasteiger partial charge is 0.357 e. The highest BCUT2D eigenvalue weighted by atomic mass is 35.5. The van der Waals surface area contributed by atoms with Crippen molar-refractivity contribution in [1.29, 1.82) is 0 Å². The topological polar surface area (TPSA) is 16.1 Å². The number of aromatic nitrogens is 1. The fraction of sp³-hybridized carbons (Fsp3) is 0.688. The lowest BCUT2D eigenvalue weighted by molar-refractivity contribution is 0.220. The SMILES string of the molecule is CC(C)(C)C1CCCN(c2ccc(Cl)c(CCl)n2)CC1. The summed E-state index contributed by atoms with van der Waals surface area (Å²) in [7, 11) is 0. The zero-order chi connectivity index (χ0) is 14.8. The van der Waals surface area contributed by atoms with E-state index >= 15 is 0 Å². The van der Waals surface area contributed by atoms with Crippen LogP contribution in [-0.2, 0) is 5.88 Å². The normalized spacial score (nSPS) is 20.9. The smallest absolute Gasteiger partial charge is 0.128 e. The molecule has 0 radical (unpaired) electrons. The molecule has 0 aromatic carbocycles. The lowest BCUT2D eigenvalue weighted by atomic mass is 9.77. The summed E-state index contributed by atoms with van der Waals surface area (Å²) >= 11 is 12.0. The number of anilines is 1. The molecule has 1 fully saturated rings. The maximum absolute atomic E-state index is 6.09. The summed E-state index contributed by atoms with van der Waals surface area (Å²) in [4.78, 5) is 6.98. The first-order valence-electron chi connectivity index (χ1n) is 7.38. The Morgan fingerprint density at radius 3 is 2.65 bits per heavy atom. The van der Waals surface area contributed by atoms with Crippen molar-refractivity contribution in [3.05, 3.63) is 22.8 Å². The fourth-order valence-electron chi connectivity index (χ4n) is 2.93. The van der Waals surface area contributed by atoms with E-state index in [-0.39, 0.29) is 0 Å². The molecule has 1 aromatic heterocycles. The highest BCUT2D eigenvalue weighted by Gasteiger charge is 2.27. The van der Waals surface area contributed by atoms with Gasteiger partial charge in [0, 0.05) is 13.1 Å². The van der Waals surface area contributed by atoms with E-state index in [1.807, 2.05) is 12.1 Å². The molecule has 0 spiro atoms. The van der Waals surface area contributed by atoms with Crippen molar-refractivity contribution in [2.75, 3.05) is 18.0 Å². The second-order valence-electron chi connectivity index (χ2n) is 6.71. The Balaban J connectivity index is 2.11. The van der Waals surface area contributed by atoms with Crippen molar-refractivity contribution >= 4 is 29.0 Å². The summed E-state index contributed by atoms with van der Waals surface area (Å²) in [6, 6.07) is 3.92. The second-order valence-corrected chi connectivity index (χ2v) is 7.39. The van der Waals surface area contributed by atoms with Crippen LogP contribution in [0.3, 0.4) is 0 Å². The summed E-state index contributed by atoms with van der Waals surface area (Å²) in [5.74, 6) is 2.16. The third kappa shape index (κ3) is 3.79. The Kier molecular flexibility index (Phi) is 5.19. The molecule has 0 saturated carbocycles. The van der Waals surface area contributed by atoms with Crippen molar-refractivity contribution < 1.29 is 0 Å². The fourth-order valence-corrected chi connectivity index (χ4v) is 3.38. The second kappa shape index (κ2) is 6.53. The summed E-state index contributed by atoms with van der Waals surface area (Å²) in [6.07, 6.45) is 3.75. The number of alkyl halides is 1. The molecule has 1 aromatic rings. The zero-order valence-electron chi connectivity index (χ0n) is 12.6. The maximum atomic E-state index is 6.09. The summed E-state index contributed by atoms with van der Waals surface area (Å²) in [6.45, 7) is 9.18. The van der Waals surface area contributed by atoms with Crippen molar-refractivity contribution in [2.45, 2.75) is 45.9 Å². The highest BCUT2D eigenvalue weighted by molar-refractivity contribution is 6.32. The molecule has 1 aliphatic heterocycles. The lowest BCUT2D eigenvalue weighted by Crippen LogP contribution is -2.27. The summed E-state index contributed by atoms with van der Waals surface area (Å²) < 4.78 is 0. The highest BCUT2D eigenvalue weighted by Crippen LogP contribution is 2.35. The zero-order valence-corrected chi connectivity index (χ0v) is 14.1. The number of hydrogen-bond donors (Lipinski definition) is 0. The van der Waals surface area contributed by atoms with Gasteiger partial charge in [-0.1, -0.05) is 32.4 Å². The molecule has 1 atom stereocenters. The van der Waals surface area contributed by atoms with Gasteiger partial charge in [0.15, 0.2) is 0 Å². The minimum atomic E-state index is 0.366. The van der Waals surface area contributed by atoms with Crippen LogP contribution < -0.4 is 4.90 Å². The Bertz CT molecular complexity index is 454. The van der Waals surface area contributed by atoms with Gasteiger partial charge < -0.3 is 4.90 Å². The molecule has 20 heavy (non-hydrogen) atoms. The number of pyridine rings is 1. The average molecular weight is 315 g/mol. The van der Waals surface area contributed by atoms with Gasteiger partial charge in [-0.25, -0.2) is 4.98 Å². The van der Waals surface area contributed by atoms with Gasteiger partial charge >= 0.3 is 0 Å². The first-order chi connectivity index (χ1) is 9.41. The molecule has 1 saturated heterocycles. The molecule has 4 heteroatoms. The van der Waals surface area contributed by atoms with E-state index in [0.717, 1.165) is 30.5 Å². The number of halogens is 2. The molecule has 1 unspecified atom stereocenters. The predicted molar refractivity (Wildman–Crippen MR) is 87.8 cm³/mol. The van der Waals surface area contributed by atoms with Crippen LogP contribution in [0.2, 0.25) is 5.02 Å². The Morgan fingerprint density at radius 2 is 2.00 bits per heavy atom. The molecular formula is C16H24Cl2N2. The van der Waals surface area contributed by atoms with Crippen molar-refractivity contribution in [3.8, 4) is 0 Å². The number of hydrogen-bond acceptors (Lipinski definition) is 2. The van der Waals surface area contributed by atoms with Gasteiger partial charge in [-0.3, -0.25) is 0 Å². The first kappa shape index (κ1) is 15.9. The Labute approximate surface area is 132 Å². The van der Waals surface area contributed by atoms with Crippen molar-refractivity contribution in [1.82, 2.24) is 4.98 Å². The molecule has 112 valence electrons. The first-order valence-corrected chi connectivity index (χ1v) is 8.29. The molecule has 0 aliphatic carbocycles. The molecule has 1 aliphatic rings. The average Bonchev–Trinajstić information content (AvgIpc) is 2.64. The van der Waals surface area contributed by atoms with Crippen LogP contribution in [0.25, 0.3) is 0 Å². The van der Waals surface area contributed by atoms with E-state index < -0.39 is 0 Å². The minimum absolute atomic E-state index is 0.366. The van der Waals surface area contributed by atoms with Gasteiger partial charge in [-0.05, 0) is 42.7 Å². The lowest BCUT2D eigenvalue weighted by Gasteiger charge is -2.30. The van der Waals surface area contributed by atoms with Crippen molar-refractivity contribution in [3.63, 3.8) is 0 Å². The van der Waals surface area contributed by atoms with Crippen LogP contribution in [-0.4, -0.2) is 18.1 Å². The molecule has 0 amide bonds. The van der Waals surface area contributed by atoms with E-state index in [2.05, 4.69) is 30.7 Å². The molecule has 2 nitrogen and oxygen atoms in total. The van der Waals surface area contributed by atoms with Gasteiger partial charge in [-0.15, -0.1) is 11.6 Å². The third-order valence-electron chi connectivity index (χ3n) is 4.31. The molecular weight excluding hydrogens is 291 g/mol. The van der Waals surface area contributed by atoms with E-state index in [4.69, 9.17) is 23.2 Å². The monoisotopic (exact) mass is 314 g/mol. The minimum Gasteiger partial charge on any atom is -0.357 e. The summed E-state index contributed by atoms with van der Waals surface area (Å²) in [5.41, 5.74) is 1.17. The molecule has 0 bridgehead atoms. The molecule has 2 heterocycles. The quantitative estimate of drug-likeness (QED) is 0.704. The van der Waals surface area contributed by atoms with Crippen LogP contribution in [0.1, 0.15) is 45.7 Å². The number of nitrogens with zero attached hydrogens (tertiary/aromatic N) is 2. The Morgan fingerprint density at radius 1 is 1.25 bits per heavy atom. The third-order valence-corrected chi connectivity index (χ3v) is 4.90.